The second-order valence-corrected chi connectivity index (χ2v) is 9.31. The number of rotatable bonds is 3. The molecule has 0 bridgehead atoms. The second kappa shape index (κ2) is 7.95. The molecule has 5 rings (SSSR count). The molecule has 10 heteroatoms. The van der Waals surface area contributed by atoms with Crippen LogP contribution in [-0.4, -0.2) is 65.4 Å². The molecule has 3 aromatic heterocycles. The maximum atomic E-state index is 12.3. The molecule has 10 nitrogen and oxygen atoms in total. The first-order valence-electron chi connectivity index (χ1n) is 11.0. The van der Waals surface area contributed by atoms with Crippen molar-refractivity contribution >= 4 is 28.3 Å². The smallest absolute Gasteiger partial charge is 0.410 e. The third-order valence-electron chi connectivity index (χ3n) is 5.76. The van der Waals surface area contributed by atoms with Gasteiger partial charge in [-0.05, 0) is 45.7 Å². The summed E-state index contributed by atoms with van der Waals surface area (Å²) in [5, 5.41) is 19.4. The van der Waals surface area contributed by atoms with Crippen LogP contribution in [0, 0.1) is 0 Å². The number of H-pyrrole nitrogens is 1. The standard InChI is InChI=1S/C23H27N7O3/c1-23(2,3)33-22(32)29-8-6-16(7-9-29)28-19-20-26-13-27-30(20)18(12-24-19)14-4-5-17-15(10-14)11-25-21(17)31/h4-5,10-13,16,25,31H,6-9H2,1-3H3,(H,24,28). The molecule has 4 aromatic rings. The number of nitrogens with one attached hydrogen (secondary N) is 2. The van der Waals surface area contributed by atoms with Gasteiger partial charge in [-0.25, -0.2) is 19.3 Å². The number of likely N-dealkylation sites (tertiary alicyclic amines) is 1. The number of aromatic nitrogens is 5. The Kier molecular flexibility index (Phi) is 5.07. The number of piperidine rings is 1. The van der Waals surface area contributed by atoms with Gasteiger partial charge < -0.3 is 25.0 Å². The molecular weight excluding hydrogens is 422 g/mol. The molecule has 1 aliphatic heterocycles. The monoisotopic (exact) mass is 449 g/mol. The fourth-order valence-electron chi connectivity index (χ4n) is 4.12. The molecular formula is C23H27N7O3. The zero-order valence-electron chi connectivity index (χ0n) is 18.9. The van der Waals surface area contributed by atoms with Crippen LogP contribution < -0.4 is 5.32 Å². The minimum atomic E-state index is -0.497. The number of fused-ring (bicyclic) bond motifs is 2. The Balaban J connectivity index is 1.32. The number of nitrogens with zero attached hydrogens (tertiary/aromatic N) is 5. The number of ether oxygens (including phenoxy) is 1. The molecule has 0 aliphatic carbocycles. The fraction of sp³-hybridized carbons (Fsp3) is 0.391. The molecule has 1 aliphatic rings. The first-order chi connectivity index (χ1) is 15.8. The summed E-state index contributed by atoms with van der Waals surface area (Å²) in [6.07, 6.45) is 6.36. The van der Waals surface area contributed by atoms with E-state index in [9.17, 15) is 9.90 Å². The van der Waals surface area contributed by atoms with E-state index in [-0.39, 0.29) is 18.0 Å². The third kappa shape index (κ3) is 4.15. The molecule has 4 heterocycles. The van der Waals surface area contributed by atoms with Gasteiger partial charge >= 0.3 is 6.09 Å². The van der Waals surface area contributed by atoms with E-state index >= 15 is 0 Å². The van der Waals surface area contributed by atoms with Crippen molar-refractivity contribution in [3.8, 4) is 17.1 Å². The summed E-state index contributed by atoms with van der Waals surface area (Å²) >= 11 is 0. The van der Waals surface area contributed by atoms with Crippen molar-refractivity contribution in [2.24, 2.45) is 0 Å². The summed E-state index contributed by atoms with van der Waals surface area (Å²) in [6, 6.07) is 5.93. The van der Waals surface area contributed by atoms with Crippen molar-refractivity contribution in [2.75, 3.05) is 18.4 Å². The molecule has 172 valence electrons. The van der Waals surface area contributed by atoms with Crippen LogP contribution >= 0.6 is 0 Å². The van der Waals surface area contributed by atoms with Crippen LogP contribution in [0.1, 0.15) is 33.6 Å². The Labute approximate surface area is 190 Å². The average Bonchev–Trinajstić information content (AvgIpc) is 3.41. The van der Waals surface area contributed by atoms with Gasteiger partial charge in [-0.2, -0.15) is 5.10 Å². The van der Waals surface area contributed by atoms with E-state index in [2.05, 4.69) is 25.4 Å². The quantitative estimate of drug-likeness (QED) is 0.435. The van der Waals surface area contributed by atoms with E-state index in [0.717, 1.165) is 34.9 Å². The van der Waals surface area contributed by atoms with Crippen LogP contribution in [0.5, 0.6) is 5.88 Å². The first kappa shape index (κ1) is 21.0. The van der Waals surface area contributed by atoms with Crippen molar-refractivity contribution in [3.05, 3.63) is 36.9 Å². The van der Waals surface area contributed by atoms with Gasteiger partial charge in [0.2, 0.25) is 0 Å². The van der Waals surface area contributed by atoms with E-state index in [1.807, 2.05) is 39.0 Å². The van der Waals surface area contributed by atoms with Crippen molar-refractivity contribution in [2.45, 2.75) is 45.3 Å². The molecule has 3 N–H and O–H groups in total. The highest BCUT2D eigenvalue weighted by molar-refractivity contribution is 5.91. The van der Waals surface area contributed by atoms with E-state index in [1.54, 1.807) is 21.8 Å². The maximum Gasteiger partial charge on any atom is 0.410 e. The summed E-state index contributed by atoms with van der Waals surface area (Å²) in [7, 11) is 0. The van der Waals surface area contributed by atoms with Crippen LogP contribution in [0.2, 0.25) is 0 Å². The lowest BCUT2D eigenvalue weighted by Crippen LogP contribution is -2.44. The zero-order chi connectivity index (χ0) is 23.2. The molecule has 0 saturated carbocycles. The molecule has 1 aromatic carbocycles. The predicted molar refractivity (Wildman–Crippen MR) is 124 cm³/mol. The predicted octanol–water partition coefficient (Wildman–Crippen LogP) is 3.79. The van der Waals surface area contributed by atoms with Crippen molar-refractivity contribution in [1.82, 2.24) is 29.5 Å². The van der Waals surface area contributed by atoms with Crippen molar-refractivity contribution in [1.29, 1.82) is 0 Å². The number of anilines is 1. The Morgan fingerprint density at radius 1 is 1.24 bits per heavy atom. The summed E-state index contributed by atoms with van der Waals surface area (Å²) in [4.78, 5) is 25.9. The minimum absolute atomic E-state index is 0.151. The molecule has 1 amide bonds. The minimum Gasteiger partial charge on any atom is -0.494 e. The SMILES string of the molecule is CC(C)(C)OC(=O)N1CCC(Nc2ncc(-c3ccc4c(O)[nH]cc4c3)n3ncnc23)CC1. The summed E-state index contributed by atoms with van der Waals surface area (Å²) in [6.45, 7) is 6.87. The van der Waals surface area contributed by atoms with Gasteiger partial charge in [0.15, 0.2) is 17.3 Å². The van der Waals surface area contributed by atoms with Gasteiger partial charge in [0, 0.05) is 41.7 Å². The van der Waals surface area contributed by atoms with Crippen LogP contribution in [-0.2, 0) is 4.74 Å². The van der Waals surface area contributed by atoms with Crippen molar-refractivity contribution in [3.63, 3.8) is 0 Å². The molecule has 1 saturated heterocycles. The van der Waals surface area contributed by atoms with E-state index in [4.69, 9.17) is 4.74 Å². The highest BCUT2D eigenvalue weighted by atomic mass is 16.6. The Morgan fingerprint density at radius 3 is 2.79 bits per heavy atom. The van der Waals surface area contributed by atoms with Crippen LogP contribution in [0.3, 0.4) is 0 Å². The summed E-state index contributed by atoms with van der Waals surface area (Å²) in [5.41, 5.74) is 1.86. The number of amides is 1. The molecule has 0 atom stereocenters. The molecule has 0 unspecified atom stereocenters. The van der Waals surface area contributed by atoms with E-state index in [0.29, 0.717) is 24.6 Å². The van der Waals surface area contributed by atoms with Gasteiger partial charge in [-0.1, -0.05) is 6.07 Å². The Hall–Kier alpha value is -3.82. The second-order valence-electron chi connectivity index (χ2n) is 9.31. The molecule has 0 radical (unpaired) electrons. The number of carbonyl (C=O) groups excluding carboxylic acids is 1. The lowest BCUT2D eigenvalue weighted by atomic mass is 10.1. The number of hydrogen-bond donors (Lipinski definition) is 3. The molecule has 1 fully saturated rings. The lowest BCUT2D eigenvalue weighted by molar-refractivity contribution is 0.0210. The number of carbonyl (C=O) groups is 1. The summed E-state index contributed by atoms with van der Waals surface area (Å²) < 4.78 is 7.24. The van der Waals surface area contributed by atoms with Gasteiger partial charge in [-0.15, -0.1) is 0 Å². The number of aromatic amines is 1. The lowest BCUT2D eigenvalue weighted by Gasteiger charge is -2.33. The van der Waals surface area contributed by atoms with Crippen molar-refractivity contribution < 1.29 is 14.6 Å². The number of benzene rings is 1. The van der Waals surface area contributed by atoms with Crippen LogP contribution in [0.25, 0.3) is 27.7 Å². The van der Waals surface area contributed by atoms with Gasteiger partial charge in [0.05, 0.1) is 11.9 Å². The third-order valence-corrected chi connectivity index (χ3v) is 5.76. The topological polar surface area (TPSA) is 121 Å². The molecule has 33 heavy (non-hydrogen) atoms. The fourth-order valence-corrected chi connectivity index (χ4v) is 4.12. The maximum absolute atomic E-state index is 12.3. The average molecular weight is 450 g/mol. The molecule has 0 spiro atoms. The summed E-state index contributed by atoms with van der Waals surface area (Å²) in [5.74, 6) is 0.810. The van der Waals surface area contributed by atoms with Gasteiger partial charge in [-0.3, -0.25) is 0 Å². The van der Waals surface area contributed by atoms with Crippen LogP contribution in [0.4, 0.5) is 10.6 Å². The Morgan fingerprint density at radius 2 is 2.03 bits per heavy atom. The highest BCUT2D eigenvalue weighted by Crippen LogP contribution is 2.30. The van der Waals surface area contributed by atoms with E-state index < -0.39 is 5.60 Å². The van der Waals surface area contributed by atoms with Crippen LogP contribution in [0.15, 0.2) is 36.9 Å². The number of hydrogen-bond acceptors (Lipinski definition) is 7. The largest absolute Gasteiger partial charge is 0.494 e. The first-order valence-corrected chi connectivity index (χ1v) is 11.0. The van der Waals surface area contributed by atoms with E-state index in [1.165, 1.54) is 6.33 Å². The van der Waals surface area contributed by atoms with Gasteiger partial charge in [0.1, 0.15) is 11.9 Å². The Bertz CT molecular complexity index is 1310. The number of aromatic hydroxyl groups is 1. The highest BCUT2D eigenvalue weighted by Gasteiger charge is 2.27. The normalized spacial score (nSPS) is 15.3. The van der Waals surface area contributed by atoms with Gasteiger partial charge in [0.25, 0.3) is 0 Å². The zero-order valence-corrected chi connectivity index (χ0v) is 18.9.